The van der Waals surface area contributed by atoms with Crippen molar-refractivity contribution < 1.29 is 22.5 Å². The van der Waals surface area contributed by atoms with Crippen molar-refractivity contribution in [3.05, 3.63) is 75.5 Å². The van der Waals surface area contributed by atoms with E-state index in [0.717, 1.165) is 9.87 Å². The summed E-state index contributed by atoms with van der Waals surface area (Å²) >= 11 is 13.5. The number of fused-ring (bicyclic) bond motifs is 1. The van der Waals surface area contributed by atoms with Gasteiger partial charge in [-0.1, -0.05) is 46.6 Å². The SMILES string of the molecule is CN1C(C(=O)Nc2cc(CSCc3ccc(Cl)c(Cl)c3)on2)C(=O)c2ccccc2S1(=O)=O. The van der Waals surface area contributed by atoms with Crippen LogP contribution in [-0.4, -0.2) is 42.7 Å². The molecule has 0 bridgehead atoms. The van der Waals surface area contributed by atoms with Crippen molar-refractivity contribution in [2.45, 2.75) is 22.4 Å². The third-order valence-electron chi connectivity index (χ3n) is 4.98. The normalized spacial score (nSPS) is 17.5. The zero-order chi connectivity index (χ0) is 23.8. The van der Waals surface area contributed by atoms with Gasteiger partial charge in [0.15, 0.2) is 17.6 Å². The van der Waals surface area contributed by atoms with E-state index in [1.807, 2.05) is 6.07 Å². The summed E-state index contributed by atoms with van der Waals surface area (Å²) in [5.41, 5.74) is 0.970. The highest BCUT2D eigenvalue weighted by molar-refractivity contribution is 7.97. The summed E-state index contributed by atoms with van der Waals surface area (Å²) in [7, 11) is -2.80. The van der Waals surface area contributed by atoms with Gasteiger partial charge in [0.1, 0.15) is 5.76 Å². The third kappa shape index (κ3) is 4.80. The molecule has 0 saturated heterocycles. The van der Waals surface area contributed by atoms with E-state index in [4.69, 9.17) is 27.7 Å². The van der Waals surface area contributed by atoms with Crippen LogP contribution in [0.3, 0.4) is 0 Å². The minimum Gasteiger partial charge on any atom is -0.358 e. The second kappa shape index (κ2) is 9.47. The number of hydrogen-bond acceptors (Lipinski definition) is 7. The van der Waals surface area contributed by atoms with E-state index in [-0.39, 0.29) is 16.3 Å². The van der Waals surface area contributed by atoms with Crippen molar-refractivity contribution in [2.75, 3.05) is 12.4 Å². The number of carbonyl (C=O) groups excluding carboxylic acids is 2. The van der Waals surface area contributed by atoms with E-state index in [0.29, 0.717) is 27.3 Å². The molecule has 33 heavy (non-hydrogen) atoms. The molecule has 0 saturated carbocycles. The monoisotopic (exact) mass is 525 g/mol. The van der Waals surface area contributed by atoms with Crippen LogP contribution in [0.4, 0.5) is 5.82 Å². The molecule has 1 unspecified atom stereocenters. The van der Waals surface area contributed by atoms with E-state index in [9.17, 15) is 18.0 Å². The highest BCUT2D eigenvalue weighted by Crippen LogP contribution is 2.30. The lowest BCUT2D eigenvalue weighted by Crippen LogP contribution is -2.53. The Hall–Kier alpha value is -2.37. The van der Waals surface area contributed by atoms with Gasteiger partial charge in [0.2, 0.25) is 10.0 Å². The molecule has 4 rings (SSSR count). The van der Waals surface area contributed by atoms with Gasteiger partial charge >= 0.3 is 0 Å². The Balaban J connectivity index is 1.41. The number of rotatable bonds is 6. The van der Waals surface area contributed by atoms with Crippen molar-refractivity contribution in [3.8, 4) is 0 Å². The number of likely N-dealkylation sites (N-methyl/N-ethyl adjacent to an activating group) is 1. The number of benzene rings is 2. The third-order valence-corrected chi connectivity index (χ3v) is 8.62. The second-order valence-electron chi connectivity index (χ2n) is 7.19. The topological polar surface area (TPSA) is 110 Å². The first kappa shape index (κ1) is 23.8. The van der Waals surface area contributed by atoms with Crippen LogP contribution in [0.15, 0.2) is 57.9 Å². The summed E-state index contributed by atoms with van der Waals surface area (Å²) in [6.45, 7) is 0. The Kier molecular flexibility index (Phi) is 6.83. The molecule has 0 fully saturated rings. The van der Waals surface area contributed by atoms with Crippen LogP contribution in [0.2, 0.25) is 10.0 Å². The summed E-state index contributed by atoms with van der Waals surface area (Å²) in [5, 5.41) is 7.23. The number of halogens is 2. The Morgan fingerprint density at radius 3 is 2.67 bits per heavy atom. The van der Waals surface area contributed by atoms with Gasteiger partial charge in [-0.05, 0) is 29.8 Å². The molecule has 1 amide bonds. The molecule has 1 aliphatic heterocycles. The van der Waals surface area contributed by atoms with Crippen LogP contribution in [0.5, 0.6) is 0 Å². The first-order valence-electron chi connectivity index (χ1n) is 9.58. The Labute approximate surface area is 204 Å². The second-order valence-corrected chi connectivity index (χ2v) is 11.0. The van der Waals surface area contributed by atoms with E-state index in [1.54, 1.807) is 18.2 Å². The zero-order valence-corrected chi connectivity index (χ0v) is 20.3. The maximum atomic E-state index is 12.8. The van der Waals surface area contributed by atoms with Crippen LogP contribution in [0.1, 0.15) is 21.7 Å². The quantitative estimate of drug-likeness (QED) is 0.479. The van der Waals surface area contributed by atoms with E-state index in [2.05, 4.69) is 10.5 Å². The minimum absolute atomic E-state index is 0.0182. The highest BCUT2D eigenvalue weighted by Gasteiger charge is 2.45. The number of Topliss-reactive ketones (excluding diaryl/α,β-unsaturated/α-hetero) is 1. The van der Waals surface area contributed by atoms with Gasteiger partial charge in [0, 0.05) is 24.4 Å². The molecule has 1 aliphatic rings. The Bertz CT molecular complexity index is 1340. The molecular formula is C21H17Cl2N3O5S2. The van der Waals surface area contributed by atoms with Gasteiger partial charge in [-0.3, -0.25) is 9.59 Å². The van der Waals surface area contributed by atoms with Crippen molar-refractivity contribution in [1.82, 2.24) is 9.46 Å². The number of anilines is 1. The summed E-state index contributed by atoms with van der Waals surface area (Å²) in [4.78, 5) is 25.5. The molecule has 0 aliphatic carbocycles. The fourth-order valence-corrected chi connectivity index (χ4v) is 5.97. The molecule has 1 aromatic heterocycles. The van der Waals surface area contributed by atoms with Crippen molar-refractivity contribution in [3.63, 3.8) is 0 Å². The number of aromatic nitrogens is 1. The number of hydrogen-bond donors (Lipinski definition) is 1. The van der Waals surface area contributed by atoms with Crippen LogP contribution in [-0.2, 0) is 26.3 Å². The predicted molar refractivity (Wildman–Crippen MR) is 126 cm³/mol. The van der Waals surface area contributed by atoms with E-state index in [1.165, 1.54) is 43.1 Å². The lowest BCUT2D eigenvalue weighted by atomic mass is 10.0. The van der Waals surface area contributed by atoms with Gasteiger partial charge in [0.05, 0.1) is 20.7 Å². The molecule has 172 valence electrons. The maximum absolute atomic E-state index is 12.8. The molecule has 2 heterocycles. The summed E-state index contributed by atoms with van der Waals surface area (Å²) in [6.07, 6.45) is 0. The summed E-state index contributed by atoms with van der Waals surface area (Å²) in [5.74, 6) is 0.273. The zero-order valence-electron chi connectivity index (χ0n) is 17.1. The van der Waals surface area contributed by atoms with E-state index >= 15 is 0 Å². The molecular weight excluding hydrogens is 509 g/mol. The van der Waals surface area contributed by atoms with Gasteiger partial charge in [-0.25, -0.2) is 8.42 Å². The molecule has 0 radical (unpaired) electrons. The molecule has 0 spiro atoms. The van der Waals surface area contributed by atoms with Crippen molar-refractivity contribution >= 4 is 62.5 Å². The van der Waals surface area contributed by atoms with Gasteiger partial charge in [0.25, 0.3) is 5.91 Å². The average molecular weight is 526 g/mol. The van der Waals surface area contributed by atoms with Crippen molar-refractivity contribution in [2.24, 2.45) is 0 Å². The van der Waals surface area contributed by atoms with Gasteiger partial charge in [-0.15, -0.1) is 11.8 Å². The fraction of sp³-hybridized carbons (Fsp3) is 0.190. The van der Waals surface area contributed by atoms with E-state index < -0.39 is 27.8 Å². The highest BCUT2D eigenvalue weighted by atomic mass is 35.5. The van der Waals surface area contributed by atoms with Gasteiger partial charge in [-0.2, -0.15) is 4.31 Å². The first-order valence-corrected chi connectivity index (χ1v) is 12.9. The summed E-state index contributed by atoms with van der Waals surface area (Å²) in [6, 6.07) is 11.2. The number of sulfonamides is 1. The van der Waals surface area contributed by atoms with Crippen LogP contribution in [0.25, 0.3) is 0 Å². The van der Waals surface area contributed by atoms with Gasteiger partial charge < -0.3 is 9.84 Å². The number of thioether (sulfide) groups is 1. The molecule has 12 heteroatoms. The number of nitrogens with zero attached hydrogens (tertiary/aromatic N) is 2. The molecule has 2 aromatic carbocycles. The first-order chi connectivity index (χ1) is 15.7. The maximum Gasteiger partial charge on any atom is 0.252 e. The predicted octanol–water partition coefficient (Wildman–Crippen LogP) is 4.24. The Morgan fingerprint density at radius 1 is 1.15 bits per heavy atom. The smallest absolute Gasteiger partial charge is 0.252 e. The fourth-order valence-electron chi connectivity index (χ4n) is 3.32. The number of nitrogens with one attached hydrogen (secondary N) is 1. The number of carbonyl (C=O) groups is 2. The lowest BCUT2D eigenvalue weighted by molar-refractivity contribution is -0.118. The average Bonchev–Trinajstić information content (AvgIpc) is 3.22. The standard InChI is InChI=1S/C21H17Cl2N3O5S2/c1-26-19(20(27)14-4-2-3-5-17(14)33(26,29)30)21(28)24-18-9-13(31-25-18)11-32-10-12-6-7-15(22)16(23)8-12/h2-9,19H,10-11H2,1H3,(H,24,25,28). The van der Waals surface area contributed by atoms with Crippen LogP contribution < -0.4 is 5.32 Å². The molecule has 1 atom stereocenters. The minimum atomic E-state index is -3.99. The lowest BCUT2D eigenvalue weighted by Gasteiger charge is -2.30. The Morgan fingerprint density at radius 2 is 1.91 bits per heavy atom. The summed E-state index contributed by atoms with van der Waals surface area (Å²) < 4.78 is 31.5. The molecule has 3 aromatic rings. The number of amides is 1. The largest absolute Gasteiger partial charge is 0.358 e. The molecule has 1 N–H and O–H groups in total. The van der Waals surface area contributed by atoms with Crippen molar-refractivity contribution in [1.29, 1.82) is 0 Å². The van der Waals surface area contributed by atoms with Crippen LogP contribution >= 0.6 is 35.0 Å². The molecule has 8 nitrogen and oxygen atoms in total. The number of ketones is 1. The van der Waals surface area contributed by atoms with Crippen LogP contribution in [0, 0.1) is 0 Å².